The molecule has 0 N–H and O–H groups in total. The molecular weight excluding hydrogens is 208 g/mol. The van der Waals surface area contributed by atoms with Gasteiger partial charge in [0.05, 0.1) is 13.5 Å². The molecule has 1 unspecified atom stereocenters. The van der Waals surface area contributed by atoms with Crippen LogP contribution in [-0.2, 0) is 9.53 Å². The molecule has 72 valence electrons. The van der Waals surface area contributed by atoms with Gasteiger partial charge in [-0.25, -0.2) is 4.98 Å². The lowest BCUT2D eigenvalue weighted by atomic mass is 10.3. The summed E-state index contributed by atoms with van der Waals surface area (Å²) in [6, 6.07) is 0. The largest absolute Gasteiger partial charge is 0.469 e. The van der Waals surface area contributed by atoms with Crippen LogP contribution in [0.5, 0.6) is 0 Å². The number of nitrogens with zero attached hydrogens (tertiary/aromatic N) is 2. The number of hydrogen-bond acceptors (Lipinski definition) is 6. The van der Waals surface area contributed by atoms with Crippen molar-refractivity contribution >= 4 is 29.3 Å². The van der Waals surface area contributed by atoms with E-state index >= 15 is 0 Å². The quantitative estimate of drug-likeness (QED) is 0.567. The van der Waals surface area contributed by atoms with Crippen molar-refractivity contribution < 1.29 is 9.53 Å². The first-order chi connectivity index (χ1) is 6.22. The molecule has 0 aliphatic heterocycles. The molecule has 0 amide bonds. The van der Waals surface area contributed by atoms with Crippen LogP contribution in [0.2, 0.25) is 0 Å². The van der Waals surface area contributed by atoms with Crippen molar-refractivity contribution in [2.24, 2.45) is 0 Å². The van der Waals surface area contributed by atoms with Crippen molar-refractivity contribution in [3.05, 3.63) is 6.33 Å². The van der Waals surface area contributed by atoms with Crippen molar-refractivity contribution in [2.45, 2.75) is 22.9 Å². The third-order valence-electron chi connectivity index (χ3n) is 1.32. The average Bonchev–Trinajstić information content (AvgIpc) is 2.56. The van der Waals surface area contributed by atoms with Gasteiger partial charge < -0.3 is 4.74 Å². The van der Waals surface area contributed by atoms with Gasteiger partial charge in [0.1, 0.15) is 6.33 Å². The lowest BCUT2D eigenvalue weighted by Gasteiger charge is -2.05. The Morgan fingerprint density at radius 3 is 3.15 bits per heavy atom. The molecule has 6 heteroatoms. The van der Waals surface area contributed by atoms with Gasteiger partial charge in [0.15, 0.2) is 4.34 Å². The third kappa shape index (κ3) is 3.73. The number of hydrogen-bond donors (Lipinski definition) is 0. The maximum absolute atomic E-state index is 10.9. The van der Waals surface area contributed by atoms with E-state index in [1.165, 1.54) is 36.7 Å². The number of esters is 1. The molecule has 0 aromatic carbocycles. The van der Waals surface area contributed by atoms with Crippen LogP contribution in [0.25, 0.3) is 0 Å². The number of thioether (sulfide) groups is 1. The fourth-order valence-electron chi connectivity index (χ4n) is 0.747. The van der Waals surface area contributed by atoms with Gasteiger partial charge in [0, 0.05) is 5.25 Å². The number of methoxy groups -OCH3 is 1. The predicted octanol–water partition coefficient (Wildman–Crippen LogP) is 1.58. The number of rotatable bonds is 4. The van der Waals surface area contributed by atoms with Crippen LogP contribution >= 0.6 is 23.3 Å². The van der Waals surface area contributed by atoms with Gasteiger partial charge >= 0.3 is 5.97 Å². The monoisotopic (exact) mass is 218 g/mol. The van der Waals surface area contributed by atoms with Crippen molar-refractivity contribution in [1.29, 1.82) is 0 Å². The molecule has 0 saturated carbocycles. The van der Waals surface area contributed by atoms with E-state index in [4.69, 9.17) is 0 Å². The molecule has 4 nitrogen and oxygen atoms in total. The topological polar surface area (TPSA) is 52.1 Å². The summed E-state index contributed by atoms with van der Waals surface area (Å²) in [5, 5.41) is 0.181. The Morgan fingerprint density at radius 2 is 2.62 bits per heavy atom. The molecule has 0 radical (unpaired) electrons. The molecule has 1 rings (SSSR count). The van der Waals surface area contributed by atoms with E-state index in [0.29, 0.717) is 6.42 Å². The Kier molecular flexibility index (Phi) is 4.17. The summed E-state index contributed by atoms with van der Waals surface area (Å²) in [4.78, 5) is 14.9. The van der Waals surface area contributed by atoms with E-state index in [1.54, 1.807) is 0 Å². The Bertz CT molecular complexity index is 263. The zero-order valence-corrected chi connectivity index (χ0v) is 9.02. The molecule has 0 aliphatic carbocycles. The summed E-state index contributed by atoms with van der Waals surface area (Å²) < 4.78 is 9.31. The van der Waals surface area contributed by atoms with Gasteiger partial charge in [-0.1, -0.05) is 18.7 Å². The SMILES string of the molecule is COC(=O)CC(C)Sc1ncns1. The van der Waals surface area contributed by atoms with Crippen molar-refractivity contribution in [2.75, 3.05) is 7.11 Å². The number of carbonyl (C=O) groups excluding carboxylic acids is 1. The maximum Gasteiger partial charge on any atom is 0.306 e. The molecular formula is C7H10N2O2S2. The number of carbonyl (C=O) groups is 1. The van der Waals surface area contributed by atoms with Gasteiger partial charge in [0.25, 0.3) is 0 Å². The Hall–Kier alpha value is -0.620. The zero-order chi connectivity index (χ0) is 9.68. The minimum Gasteiger partial charge on any atom is -0.469 e. The second kappa shape index (κ2) is 5.18. The first-order valence-corrected chi connectivity index (χ1v) is 5.38. The fraction of sp³-hybridized carbons (Fsp3) is 0.571. The molecule has 0 fully saturated rings. The molecule has 1 heterocycles. The van der Waals surface area contributed by atoms with Crippen molar-refractivity contribution in [3.8, 4) is 0 Å². The summed E-state index contributed by atoms with van der Waals surface area (Å²) in [6.07, 6.45) is 1.92. The van der Waals surface area contributed by atoms with Crippen LogP contribution in [-0.4, -0.2) is 27.7 Å². The van der Waals surface area contributed by atoms with Crippen LogP contribution < -0.4 is 0 Å². The van der Waals surface area contributed by atoms with Crippen molar-refractivity contribution in [3.63, 3.8) is 0 Å². The highest BCUT2D eigenvalue weighted by atomic mass is 32.2. The lowest BCUT2D eigenvalue weighted by molar-refractivity contribution is -0.140. The molecule has 1 aromatic heterocycles. The Labute approximate surface area is 84.9 Å². The second-order valence-electron chi connectivity index (χ2n) is 2.42. The van der Waals surface area contributed by atoms with Gasteiger partial charge in [-0.3, -0.25) is 4.79 Å². The molecule has 0 spiro atoms. The average molecular weight is 218 g/mol. The van der Waals surface area contributed by atoms with E-state index < -0.39 is 0 Å². The Morgan fingerprint density at radius 1 is 1.85 bits per heavy atom. The van der Waals surface area contributed by atoms with E-state index in [9.17, 15) is 4.79 Å². The molecule has 0 saturated heterocycles. The normalized spacial score (nSPS) is 12.5. The summed E-state index contributed by atoms with van der Waals surface area (Å²) in [5.74, 6) is -0.190. The van der Waals surface area contributed by atoms with Crippen LogP contribution in [0.3, 0.4) is 0 Å². The molecule has 1 atom stereocenters. The fourth-order valence-corrected chi connectivity index (χ4v) is 2.49. The van der Waals surface area contributed by atoms with Gasteiger partial charge in [-0.05, 0) is 11.5 Å². The minimum absolute atomic E-state index is 0.181. The maximum atomic E-state index is 10.9. The smallest absolute Gasteiger partial charge is 0.306 e. The number of aromatic nitrogens is 2. The second-order valence-corrected chi connectivity index (χ2v) is 4.88. The first-order valence-electron chi connectivity index (χ1n) is 3.72. The summed E-state index contributed by atoms with van der Waals surface area (Å²) in [7, 11) is 1.39. The highest BCUT2D eigenvalue weighted by molar-refractivity contribution is 8.01. The summed E-state index contributed by atoms with van der Waals surface area (Å²) in [5.41, 5.74) is 0. The van der Waals surface area contributed by atoms with E-state index in [0.717, 1.165) is 4.34 Å². The van der Waals surface area contributed by atoms with E-state index in [2.05, 4.69) is 14.1 Å². The van der Waals surface area contributed by atoms with Crippen LogP contribution in [0, 0.1) is 0 Å². The van der Waals surface area contributed by atoms with Crippen molar-refractivity contribution in [1.82, 2.24) is 9.36 Å². The summed E-state index contributed by atoms with van der Waals surface area (Å²) >= 11 is 2.87. The van der Waals surface area contributed by atoms with E-state index in [-0.39, 0.29) is 11.2 Å². The third-order valence-corrected chi connectivity index (χ3v) is 3.17. The highest BCUT2D eigenvalue weighted by Crippen LogP contribution is 2.25. The molecule has 1 aromatic rings. The molecule has 13 heavy (non-hydrogen) atoms. The zero-order valence-electron chi connectivity index (χ0n) is 7.39. The standard InChI is InChI=1S/C7H10N2O2S2/c1-5(3-6(10)11-2)12-7-8-4-9-13-7/h4-5H,3H2,1-2H3. The first kappa shape index (κ1) is 10.5. The summed E-state index contributed by atoms with van der Waals surface area (Å²) in [6.45, 7) is 1.96. The van der Waals surface area contributed by atoms with Crippen LogP contribution in [0.4, 0.5) is 0 Å². The van der Waals surface area contributed by atoms with E-state index in [1.807, 2.05) is 6.92 Å². The van der Waals surface area contributed by atoms with Gasteiger partial charge in [-0.2, -0.15) is 4.37 Å². The molecule has 0 aliphatic rings. The van der Waals surface area contributed by atoms with Gasteiger partial charge in [0.2, 0.25) is 0 Å². The van der Waals surface area contributed by atoms with Crippen LogP contribution in [0.1, 0.15) is 13.3 Å². The lowest BCUT2D eigenvalue weighted by Crippen LogP contribution is -2.08. The number of ether oxygens (including phenoxy) is 1. The van der Waals surface area contributed by atoms with Crippen LogP contribution in [0.15, 0.2) is 10.7 Å². The minimum atomic E-state index is -0.190. The predicted molar refractivity (Wildman–Crippen MR) is 51.9 cm³/mol. The Balaban J connectivity index is 2.33. The molecule has 0 bridgehead atoms. The van der Waals surface area contributed by atoms with Gasteiger partial charge in [-0.15, -0.1) is 0 Å². The highest BCUT2D eigenvalue weighted by Gasteiger charge is 2.11.